The number of likely N-dealkylation sites (tertiary alicyclic amines) is 1. The van der Waals surface area contributed by atoms with Gasteiger partial charge in [-0.15, -0.1) is 0 Å². The van der Waals surface area contributed by atoms with Crippen molar-refractivity contribution in [3.63, 3.8) is 0 Å². The predicted octanol–water partition coefficient (Wildman–Crippen LogP) is 4.79. The molecule has 0 aromatic heterocycles. The van der Waals surface area contributed by atoms with Crippen molar-refractivity contribution < 1.29 is 23.9 Å². The Hall–Kier alpha value is -4.50. The summed E-state index contributed by atoms with van der Waals surface area (Å²) in [6.45, 7) is 4.29. The van der Waals surface area contributed by atoms with Gasteiger partial charge in [0, 0.05) is 43.0 Å². The van der Waals surface area contributed by atoms with Gasteiger partial charge in [-0.2, -0.15) is 0 Å². The topological polar surface area (TPSA) is 111 Å². The van der Waals surface area contributed by atoms with E-state index in [0.717, 1.165) is 5.56 Å². The van der Waals surface area contributed by atoms with Crippen LogP contribution in [0.3, 0.4) is 0 Å². The van der Waals surface area contributed by atoms with Crippen LogP contribution in [0.1, 0.15) is 50.2 Å². The van der Waals surface area contributed by atoms with E-state index in [9.17, 15) is 23.9 Å². The van der Waals surface area contributed by atoms with Crippen molar-refractivity contribution in [1.82, 2.24) is 10.2 Å². The fourth-order valence-corrected chi connectivity index (χ4v) is 5.09. The summed E-state index contributed by atoms with van der Waals surface area (Å²) < 4.78 is 13.3. The average Bonchev–Trinajstić information content (AvgIpc) is 3.27. The lowest BCUT2D eigenvalue weighted by Crippen LogP contribution is -2.40. The minimum Gasteiger partial charge on any atom is -0.478 e. The number of fused-ring (bicyclic) bond motifs is 1. The fourth-order valence-electron chi connectivity index (χ4n) is 5.09. The molecule has 0 unspecified atom stereocenters. The first kappa shape index (κ1) is 27.1. The SMILES string of the molecule is Cc1cc2c(cc1C(=O)O)NC(=O)/C2=C(\Nc1ccc(C(=O)NCCN2CCC(F)CC2)cc1)c1ccccc1. The van der Waals surface area contributed by atoms with Gasteiger partial charge in [0.25, 0.3) is 11.8 Å². The third-order valence-electron chi connectivity index (χ3n) is 7.30. The highest BCUT2D eigenvalue weighted by atomic mass is 19.1. The van der Waals surface area contributed by atoms with E-state index in [1.165, 1.54) is 6.07 Å². The lowest BCUT2D eigenvalue weighted by atomic mass is 9.96. The number of alkyl halides is 1. The number of rotatable bonds is 8. The molecular weight excluding hydrogens is 511 g/mol. The first-order valence-electron chi connectivity index (χ1n) is 13.3. The molecule has 1 fully saturated rings. The maximum Gasteiger partial charge on any atom is 0.336 e. The Morgan fingerprint density at radius 3 is 2.40 bits per heavy atom. The fraction of sp³-hybridized carbons (Fsp3) is 0.258. The van der Waals surface area contributed by atoms with Crippen LogP contribution in [0, 0.1) is 6.92 Å². The van der Waals surface area contributed by atoms with Crippen molar-refractivity contribution in [3.8, 4) is 0 Å². The second kappa shape index (κ2) is 11.7. The van der Waals surface area contributed by atoms with E-state index < -0.39 is 12.1 Å². The zero-order valence-electron chi connectivity index (χ0n) is 22.2. The Morgan fingerprint density at radius 2 is 1.73 bits per heavy atom. The Morgan fingerprint density at radius 1 is 1.02 bits per heavy atom. The summed E-state index contributed by atoms with van der Waals surface area (Å²) in [5.41, 5.74) is 4.67. The lowest BCUT2D eigenvalue weighted by molar-refractivity contribution is -0.110. The van der Waals surface area contributed by atoms with Crippen molar-refractivity contribution in [1.29, 1.82) is 0 Å². The molecule has 0 radical (unpaired) electrons. The summed E-state index contributed by atoms with van der Waals surface area (Å²) in [5.74, 6) is -1.59. The van der Waals surface area contributed by atoms with Crippen molar-refractivity contribution in [3.05, 3.63) is 94.5 Å². The first-order valence-corrected chi connectivity index (χ1v) is 13.3. The number of benzene rings is 3. The molecule has 1 saturated heterocycles. The number of hydrogen-bond donors (Lipinski definition) is 4. The van der Waals surface area contributed by atoms with Gasteiger partial charge in [-0.1, -0.05) is 30.3 Å². The van der Waals surface area contributed by atoms with Crippen molar-refractivity contribution in [2.75, 3.05) is 36.8 Å². The number of nitrogens with zero attached hydrogens (tertiary/aromatic N) is 1. The van der Waals surface area contributed by atoms with Crippen molar-refractivity contribution in [2.24, 2.45) is 0 Å². The number of hydrogen-bond acceptors (Lipinski definition) is 5. The molecule has 0 spiro atoms. The molecule has 2 aliphatic heterocycles. The van der Waals surface area contributed by atoms with E-state index in [1.807, 2.05) is 30.3 Å². The van der Waals surface area contributed by atoms with Gasteiger partial charge in [0.1, 0.15) is 6.17 Å². The van der Waals surface area contributed by atoms with Crippen LogP contribution in [0.2, 0.25) is 0 Å². The molecule has 0 bridgehead atoms. The maximum atomic E-state index is 13.3. The molecule has 40 heavy (non-hydrogen) atoms. The van der Waals surface area contributed by atoms with Crippen LogP contribution < -0.4 is 16.0 Å². The normalized spacial score (nSPS) is 16.7. The van der Waals surface area contributed by atoms with Gasteiger partial charge in [-0.25, -0.2) is 9.18 Å². The van der Waals surface area contributed by atoms with Crippen LogP contribution in [0.5, 0.6) is 0 Å². The van der Waals surface area contributed by atoms with Crippen molar-refractivity contribution in [2.45, 2.75) is 25.9 Å². The van der Waals surface area contributed by atoms with Gasteiger partial charge in [-0.3, -0.25) is 9.59 Å². The van der Waals surface area contributed by atoms with E-state index in [1.54, 1.807) is 37.3 Å². The molecule has 9 heteroatoms. The van der Waals surface area contributed by atoms with E-state index in [0.29, 0.717) is 78.4 Å². The number of aryl methyl sites for hydroxylation is 1. The Balaban J connectivity index is 1.36. The van der Waals surface area contributed by atoms with Gasteiger partial charge in [-0.05, 0) is 67.3 Å². The summed E-state index contributed by atoms with van der Waals surface area (Å²) in [7, 11) is 0. The summed E-state index contributed by atoms with van der Waals surface area (Å²) >= 11 is 0. The molecule has 2 heterocycles. The smallest absolute Gasteiger partial charge is 0.336 e. The Labute approximate surface area is 231 Å². The molecule has 2 amide bonds. The zero-order chi connectivity index (χ0) is 28.2. The average molecular weight is 543 g/mol. The molecule has 3 aromatic carbocycles. The highest BCUT2D eigenvalue weighted by Crippen LogP contribution is 2.39. The van der Waals surface area contributed by atoms with Crippen molar-refractivity contribution >= 4 is 40.4 Å². The van der Waals surface area contributed by atoms with E-state index in [4.69, 9.17) is 0 Å². The minimum atomic E-state index is -1.06. The van der Waals surface area contributed by atoms with Crippen LogP contribution in [0.15, 0.2) is 66.7 Å². The third kappa shape index (κ3) is 5.89. The molecule has 4 N–H and O–H groups in total. The number of amides is 2. The summed E-state index contributed by atoms with van der Waals surface area (Å²) in [6, 6.07) is 19.6. The number of carboxylic acids is 1. The second-order valence-corrected chi connectivity index (χ2v) is 10.1. The number of nitrogens with one attached hydrogen (secondary N) is 3. The van der Waals surface area contributed by atoms with E-state index in [2.05, 4.69) is 20.9 Å². The summed E-state index contributed by atoms with van der Waals surface area (Å²) in [6.07, 6.45) is 0.363. The largest absolute Gasteiger partial charge is 0.478 e. The van der Waals surface area contributed by atoms with Crippen LogP contribution in [-0.4, -0.2) is 60.1 Å². The van der Waals surface area contributed by atoms with E-state index in [-0.39, 0.29) is 17.4 Å². The molecule has 3 aromatic rings. The number of halogens is 1. The second-order valence-electron chi connectivity index (χ2n) is 10.1. The minimum absolute atomic E-state index is 0.132. The highest BCUT2D eigenvalue weighted by Gasteiger charge is 2.30. The Bertz CT molecular complexity index is 1460. The number of piperidine rings is 1. The molecule has 8 nitrogen and oxygen atoms in total. The monoisotopic (exact) mass is 542 g/mol. The first-order chi connectivity index (χ1) is 19.3. The van der Waals surface area contributed by atoms with Gasteiger partial charge in [0.2, 0.25) is 0 Å². The number of carbonyl (C=O) groups is 3. The van der Waals surface area contributed by atoms with Crippen LogP contribution in [-0.2, 0) is 4.79 Å². The zero-order valence-corrected chi connectivity index (χ0v) is 22.2. The van der Waals surface area contributed by atoms with Gasteiger partial charge >= 0.3 is 5.97 Å². The number of carboxylic acid groups (broad SMARTS) is 1. The predicted molar refractivity (Wildman–Crippen MR) is 153 cm³/mol. The van der Waals surface area contributed by atoms with Crippen LogP contribution >= 0.6 is 0 Å². The number of aromatic carboxylic acids is 1. The van der Waals surface area contributed by atoms with Crippen LogP contribution in [0.4, 0.5) is 15.8 Å². The quantitative estimate of drug-likeness (QED) is 0.305. The summed E-state index contributed by atoms with van der Waals surface area (Å²) in [5, 5.41) is 18.6. The maximum absolute atomic E-state index is 13.3. The van der Waals surface area contributed by atoms with Gasteiger partial charge < -0.3 is 26.0 Å². The standard InChI is InChI=1S/C31H31FN4O4/c1-19-17-25-26(18-24(19)31(39)40)35-30(38)27(25)28(20-5-3-2-4-6-20)34-23-9-7-21(8-10-23)29(37)33-13-16-36-14-11-22(32)12-15-36/h2-10,17-18,22,34H,11-16H2,1H3,(H,33,37)(H,35,38)(H,39,40)/b28-27-. The number of anilines is 2. The molecule has 5 rings (SSSR count). The molecule has 206 valence electrons. The molecular formula is C31H31FN4O4. The molecule has 0 saturated carbocycles. The lowest BCUT2D eigenvalue weighted by Gasteiger charge is -2.28. The number of carbonyl (C=O) groups excluding carboxylic acids is 2. The molecule has 2 aliphatic rings. The van der Waals surface area contributed by atoms with Crippen LogP contribution in [0.25, 0.3) is 11.3 Å². The van der Waals surface area contributed by atoms with Gasteiger partial charge in [0.15, 0.2) is 0 Å². The van der Waals surface area contributed by atoms with Gasteiger partial charge in [0.05, 0.1) is 22.5 Å². The summed E-state index contributed by atoms with van der Waals surface area (Å²) in [4.78, 5) is 39.6. The highest BCUT2D eigenvalue weighted by molar-refractivity contribution is 6.37. The molecule has 0 atom stereocenters. The Kier molecular flexibility index (Phi) is 7.93. The third-order valence-corrected chi connectivity index (χ3v) is 7.30. The van der Waals surface area contributed by atoms with E-state index >= 15 is 0 Å². The molecule has 0 aliphatic carbocycles.